The Bertz CT molecular complexity index is 548. The molecule has 0 amide bonds. The summed E-state index contributed by atoms with van der Waals surface area (Å²) < 4.78 is 11.7. The molecule has 2 heteroatoms. The number of benzene rings is 1. The normalized spacial score (nSPS) is 17.1. The Morgan fingerprint density at radius 2 is 1.96 bits per heavy atom. The maximum Gasteiger partial charge on any atom is 0.113 e. The molecule has 0 aromatic heterocycles. The molecule has 1 saturated heterocycles. The van der Waals surface area contributed by atoms with Crippen LogP contribution in [0.15, 0.2) is 60.4 Å². The molecule has 0 spiro atoms. The SMILES string of the molecule is C=C(C)C/C=C(\OC/C(=C\C)c1ccccc1)C1CCOCC1. The predicted octanol–water partition coefficient (Wildman–Crippen LogP) is 5.38. The van der Waals surface area contributed by atoms with Gasteiger partial charge in [0.1, 0.15) is 6.61 Å². The van der Waals surface area contributed by atoms with E-state index in [1.807, 2.05) is 6.07 Å². The molecule has 0 aliphatic carbocycles. The zero-order valence-corrected chi connectivity index (χ0v) is 14.4. The maximum absolute atomic E-state index is 6.24. The summed E-state index contributed by atoms with van der Waals surface area (Å²) in [4.78, 5) is 0. The number of ether oxygens (including phenoxy) is 2. The van der Waals surface area contributed by atoms with Gasteiger partial charge in [-0.05, 0) is 50.3 Å². The van der Waals surface area contributed by atoms with Crippen molar-refractivity contribution in [1.82, 2.24) is 0 Å². The van der Waals surface area contributed by atoms with Crippen LogP contribution < -0.4 is 0 Å². The van der Waals surface area contributed by atoms with Crippen LogP contribution in [0, 0.1) is 5.92 Å². The Morgan fingerprint density at radius 3 is 2.57 bits per heavy atom. The molecule has 0 unspecified atom stereocenters. The van der Waals surface area contributed by atoms with E-state index in [1.54, 1.807) is 0 Å². The first-order valence-electron chi connectivity index (χ1n) is 8.46. The van der Waals surface area contributed by atoms with Crippen molar-refractivity contribution in [3.63, 3.8) is 0 Å². The highest BCUT2D eigenvalue weighted by molar-refractivity contribution is 5.65. The highest BCUT2D eigenvalue weighted by atomic mass is 16.5. The molecule has 0 bridgehead atoms. The number of allylic oxidation sites excluding steroid dienone is 4. The third-order valence-corrected chi connectivity index (χ3v) is 4.16. The van der Waals surface area contributed by atoms with Gasteiger partial charge in [0.15, 0.2) is 0 Å². The van der Waals surface area contributed by atoms with Crippen molar-refractivity contribution in [2.45, 2.75) is 33.1 Å². The highest BCUT2D eigenvalue weighted by Gasteiger charge is 2.20. The van der Waals surface area contributed by atoms with E-state index in [0.29, 0.717) is 12.5 Å². The Kier molecular flexibility index (Phi) is 7.15. The Hall–Kier alpha value is -1.80. The molecule has 0 atom stereocenters. The van der Waals surface area contributed by atoms with Gasteiger partial charge in [0.05, 0.1) is 5.76 Å². The lowest BCUT2D eigenvalue weighted by atomic mass is 9.96. The van der Waals surface area contributed by atoms with E-state index < -0.39 is 0 Å². The smallest absolute Gasteiger partial charge is 0.113 e. The van der Waals surface area contributed by atoms with Gasteiger partial charge >= 0.3 is 0 Å². The van der Waals surface area contributed by atoms with E-state index in [4.69, 9.17) is 9.47 Å². The van der Waals surface area contributed by atoms with Crippen LogP contribution in [0.25, 0.3) is 5.57 Å². The average Bonchev–Trinajstić information content (AvgIpc) is 2.59. The predicted molar refractivity (Wildman–Crippen MR) is 97.1 cm³/mol. The summed E-state index contributed by atoms with van der Waals surface area (Å²) in [5.74, 6) is 1.57. The highest BCUT2D eigenvalue weighted by Crippen LogP contribution is 2.27. The fourth-order valence-corrected chi connectivity index (χ4v) is 2.75. The second kappa shape index (κ2) is 9.36. The molecule has 1 aromatic rings. The van der Waals surface area contributed by atoms with Crippen LogP contribution in [-0.4, -0.2) is 19.8 Å². The molecule has 23 heavy (non-hydrogen) atoms. The van der Waals surface area contributed by atoms with E-state index in [0.717, 1.165) is 43.8 Å². The molecular weight excluding hydrogens is 284 g/mol. The fourth-order valence-electron chi connectivity index (χ4n) is 2.75. The van der Waals surface area contributed by atoms with E-state index in [9.17, 15) is 0 Å². The monoisotopic (exact) mass is 312 g/mol. The van der Waals surface area contributed by atoms with E-state index >= 15 is 0 Å². The van der Waals surface area contributed by atoms with E-state index in [1.165, 1.54) is 11.1 Å². The molecule has 0 radical (unpaired) electrons. The van der Waals surface area contributed by atoms with Gasteiger partial charge in [0.2, 0.25) is 0 Å². The van der Waals surface area contributed by atoms with Crippen molar-refractivity contribution in [1.29, 1.82) is 0 Å². The van der Waals surface area contributed by atoms with Gasteiger partial charge in [-0.25, -0.2) is 0 Å². The van der Waals surface area contributed by atoms with Gasteiger partial charge in [-0.15, -0.1) is 0 Å². The molecular formula is C21H28O2. The second-order valence-electron chi connectivity index (χ2n) is 6.12. The van der Waals surface area contributed by atoms with Crippen LogP contribution in [0.4, 0.5) is 0 Å². The maximum atomic E-state index is 6.24. The molecule has 0 N–H and O–H groups in total. The fraction of sp³-hybridized carbons (Fsp3) is 0.429. The van der Waals surface area contributed by atoms with Crippen LogP contribution in [0.3, 0.4) is 0 Å². The minimum Gasteiger partial charge on any atom is -0.493 e. The summed E-state index contributed by atoms with van der Waals surface area (Å²) in [5.41, 5.74) is 3.60. The van der Waals surface area contributed by atoms with E-state index in [-0.39, 0.29) is 0 Å². The first kappa shape index (κ1) is 17.6. The molecule has 1 aromatic carbocycles. The van der Waals surface area contributed by atoms with Crippen LogP contribution in [0.2, 0.25) is 0 Å². The van der Waals surface area contributed by atoms with E-state index in [2.05, 4.69) is 56.8 Å². The van der Waals surface area contributed by atoms with Crippen molar-refractivity contribution in [2.75, 3.05) is 19.8 Å². The van der Waals surface area contributed by atoms with Crippen LogP contribution in [0.1, 0.15) is 38.7 Å². The topological polar surface area (TPSA) is 18.5 Å². The van der Waals surface area contributed by atoms with Crippen molar-refractivity contribution in [2.24, 2.45) is 5.92 Å². The lowest BCUT2D eigenvalue weighted by Crippen LogP contribution is -2.19. The van der Waals surface area contributed by atoms with Crippen LogP contribution in [-0.2, 0) is 9.47 Å². The van der Waals surface area contributed by atoms with Gasteiger partial charge in [-0.1, -0.05) is 48.6 Å². The summed E-state index contributed by atoms with van der Waals surface area (Å²) >= 11 is 0. The summed E-state index contributed by atoms with van der Waals surface area (Å²) in [6, 6.07) is 10.4. The minimum atomic E-state index is 0.469. The molecule has 0 saturated carbocycles. The van der Waals surface area contributed by atoms with Gasteiger partial charge in [0, 0.05) is 19.1 Å². The van der Waals surface area contributed by atoms with Crippen molar-refractivity contribution in [3.05, 3.63) is 66.0 Å². The Labute approximate surface area is 140 Å². The second-order valence-corrected chi connectivity index (χ2v) is 6.12. The summed E-state index contributed by atoms with van der Waals surface area (Å²) in [6.45, 7) is 10.4. The third kappa shape index (κ3) is 5.72. The van der Waals surface area contributed by atoms with Crippen LogP contribution in [0.5, 0.6) is 0 Å². The zero-order valence-electron chi connectivity index (χ0n) is 14.4. The largest absolute Gasteiger partial charge is 0.493 e. The number of rotatable bonds is 7. The standard InChI is InChI=1S/C21H28O2/c1-4-18(19-8-6-5-7-9-19)16-23-21(11-10-17(2)3)20-12-14-22-15-13-20/h4-9,11,20H,2,10,12-16H2,1,3H3/b18-4+,21-11-. The Balaban J connectivity index is 2.04. The molecule has 2 nitrogen and oxygen atoms in total. The summed E-state index contributed by atoms with van der Waals surface area (Å²) in [6.07, 6.45) is 7.30. The van der Waals surface area contributed by atoms with Crippen molar-refractivity contribution in [3.8, 4) is 0 Å². The molecule has 1 aliphatic heterocycles. The third-order valence-electron chi connectivity index (χ3n) is 4.16. The minimum absolute atomic E-state index is 0.469. The molecule has 1 fully saturated rings. The molecule has 1 aliphatic rings. The number of hydrogen-bond acceptors (Lipinski definition) is 2. The molecule has 124 valence electrons. The van der Waals surface area contributed by atoms with Gasteiger partial charge in [-0.3, -0.25) is 0 Å². The van der Waals surface area contributed by atoms with Crippen LogP contribution >= 0.6 is 0 Å². The zero-order chi connectivity index (χ0) is 16.5. The summed E-state index contributed by atoms with van der Waals surface area (Å²) in [7, 11) is 0. The van der Waals surface area contributed by atoms with Gasteiger partial charge < -0.3 is 9.47 Å². The quantitative estimate of drug-likeness (QED) is 0.497. The first-order valence-corrected chi connectivity index (χ1v) is 8.46. The lowest BCUT2D eigenvalue weighted by molar-refractivity contribution is 0.0562. The average molecular weight is 312 g/mol. The first-order chi connectivity index (χ1) is 11.2. The molecule has 1 heterocycles. The molecule has 2 rings (SSSR count). The summed E-state index contributed by atoms with van der Waals surface area (Å²) in [5, 5.41) is 0. The Morgan fingerprint density at radius 1 is 1.26 bits per heavy atom. The van der Waals surface area contributed by atoms with Crippen molar-refractivity contribution >= 4 is 5.57 Å². The number of hydrogen-bond donors (Lipinski definition) is 0. The van der Waals surface area contributed by atoms with Crippen molar-refractivity contribution < 1.29 is 9.47 Å². The lowest BCUT2D eigenvalue weighted by Gasteiger charge is -2.25. The van der Waals surface area contributed by atoms with Gasteiger partial charge in [-0.2, -0.15) is 0 Å². The van der Waals surface area contributed by atoms with Gasteiger partial charge in [0.25, 0.3) is 0 Å².